The lowest BCUT2D eigenvalue weighted by molar-refractivity contribution is -0.137. The first-order chi connectivity index (χ1) is 21.6. The molecule has 11 nitrogen and oxygen atoms in total. The van der Waals surface area contributed by atoms with E-state index in [9.17, 15) is 45.9 Å². The van der Waals surface area contributed by atoms with Gasteiger partial charge in [-0.25, -0.2) is 18.5 Å². The van der Waals surface area contributed by atoms with Crippen LogP contribution in [-0.4, -0.2) is 41.1 Å². The summed E-state index contributed by atoms with van der Waals surface area (Å²) in [6, 6.07) is 14.8. The van der Waals surface area contributed by atoms with E-state index in [-0.39, 0.29) is 32.6 Å². The van der Waals surface area contributed by atoms with Gasteiger partial charge in [-0.2, -0.15) is 13.2 Å². The van der Waals surface area contributed by atoms with Crippen molar-refractivity contribution in [3.05, 3.63) is 98.5 Å². The normalized spacial score (nSPS) is 19.6. The van der Waals surface area contributed by atoms with E-state index in [0.717, 1.165) is 39.8 Å². The van der Waals surface area contributed by atoms with E-state index in [1.54, 1.807) is 12.1 Å². The second kappa shape index (κ2) is 11.4. The molecular formula is C29H21F3N4O7S3. The monoisotopic (exact) mass is 690 g/mol. The maximum Gasteiger partial charge on any atom is 0.416 e. The SMILES string of the molecule is NS(=O)(=O)c1ccc(NC(=O)Cn2c3c(sc2=O)[C@@H](c2ccccc2O)C2C(=O)N(c4cccc(C(F)(F)F)c4)C(=O)C2S3)cc1. The first-order valence-electron chi connectivity index (χ1n) is 13.3. The Morgan fingerprint density at radius 2 is 1.67 bits per heavy atom. The Hall–Kier alpha value is -4.45. The molecule has 1 saturated heterocycles. The molecule has 1 fully saturated rings. The molecule has 2 aliphatic rings. The third-order valence-electron chi connectivity index (χ3n) is 7.52. The number of amides is 3. The van der Waals surface area contributed by atoms with Crippen molar-refractivity contribution in [1.29, 1.82) is 0 Å². The highest BCUT2D eigenvalue weighted by molar-refractivity contribution is 8.00. The lowest BCUT2D eigenvalue weighted by Gasteiger charge is -2.31. The Balaban J connectivity index is 1.38. The number of nitrogens with zero attached hydrogens (tertiary/aromatic N) is 2. The fourth-order valence-electron chi connectivity index (χ4n) is 5.49. The minimum atomic E-state index is -4.73. The topological polar surface area (TPSA) is 169 Å². The van der Waals surface area contributed by atoms with E-state index >= 15 is 0 Å². The summed E-state index contributed by atoms with van der Waals surface area (Å²) in [5.41, 5.74) is -0.894. The second-order valence-corrected chi connectivity index (χ2v) is 14.1. The molecule has 3 atom stereocenters. The number of nitrogens with two attached hydrogens (primary N) is 1. The minimum Gasteiger partial charge on any atom is -0.508 e. The van der Waals surface area contributed by atoms with Gasteiger partial charge in [0.1, 0.15) is 17.5 Å². The van der Waals surface area contributed by atoms with Crippen LogP contribution in [0.1, 0.15) is 21.9 Å². The molecule has 4 aromatic rings. The molecule has 6 rings (SSSR count). The first kappa shape index (κ1) is 31.5. The number of thiazole rings is 1. The number of hydrogen-bond acceptors (Lipinski definition) is 9. The molecule has 3 heterocycles. The number of aromatic hydroxyl groups is 1. The number of alkyl halides is 3. The fraction of sp³-hybridized carbons (Fsp3) is 0.172. The number of sulfonamides is 1. The van der Waals surface area contributed by atoms with Crippen LogP contribution in [0, 0.1) is 5.92 Å². The number of halogens is 3. The van der Waals surface area contributed by atoms with Gasteiger partial charge < -0.3 is 10.4 Å². The standard InChI is InChI=1S/C29H21F3N4O7S3/c30-29(31,32)14-4-3-5-16(12-14)36-25(39)22-21(18-6-1-2-7-19(18)37)24-27(44-23(22)26(36)40)35(28(41)45-24)13-20(38)34-15-8-10-17(11-9-15)46(33,42)43/h1-12,21-23,37H,13H2,(H,34,38)(H2,33,42,43)/t21-,22?,23?/m0/s1. The van der Waals surface area contributed by atoms with Crippen LogP contribution in [0.15, 0.2) is 87.5 Å². The van der Waals surface area contributed by atoms with Gasteiger partial charge in [0.15, 0.2) is 0 Å². The molecule has 2 aliphatic heterocycles. The number of rotatable bonds is 6. The number of phenols is 1. The molecule has 0 bridgehead atoms. The van der Waals surface area contributed by atoms with Crippen LogP contribution < -0.4 is 20.2 Å². The van der Waals surface area contributed by atoms with Gasteiger partial charge in [-0.3, -0.25) is 23.7 Å². The van der Waals surface area contributed by atoms with E-state index in [4.69, 9.17) is 5.14 Å². The number of benzene rings is 3. The Kier molecular flexibility index (Phi) is 7.82. The summed E-state index contributed by atoms with van der Waals surface area (Å²) in [6.45, 7) is -0.529. The molecule has 0 aliphatic carbocycles. The van der Waals surface area contributed by atoms with Crippen LogP contribution in [0.4, 0.5) is 24.5 Å². The molecule has 0 radical (unpaired) electrons. The molecule has 3 aromatic carbocycles. The summed E-state index contributed by atoms with van der Waals surface area (Å²) >= 11 is 1.57. The first-order valence-corrected chi connectivity index (χ1v) is 16.6. The van der Waals surface area contributed by atoms with E-state index in [1.165, 1.54) is 42.5 Å². The number of primary sulfonamides is 1. The van der Waals surface area contributed by atoms with Gasteiger partial charge >= 0.3 is 11.0 Å². The number of fused-ring (bicyclic) bond motifs is 2. The number of phenolic OH excluding ortho intramolecular Hbond substituents is 1. The molecule has 1 aromatic heterocycles. The maximum atomic E-state index is 13.9. The zero-order chi connectivity index (χ0) is 33.1. The molecule has 17 heteroatoms. The highest BCUT2D eigenvalue weighted by atomic mass is 32.2. The molecule has 3 amide bonds. The highest BCUT2D eigenvalue weighted by Gasteiger charge is 2.57. The van der Waals surface area contributed by atoms with Gasteiger partial charge in [-0.1, -0.05) is 47.4 Å². The van der Waals surface area contributed by atoms with Crippen molar-refractivity contribution in [2.45, 2.75) is 33.8 Å². The Bertz CT molecular complexity index is 2080. The number of thioether (sulfide) groups is 1. The zero-order valence-corrected chi connectivity index (χ0v) is 25.5. The number of hydrogen-bond donors (Lipinski definition) is 3. The minimum absolute atomic E-state index is 0.176. The predicted molar refractivity (Wildman–Crippen MR) is 162 cm³/mol. The van der Waals surface area contributed by atoms with Crippen molar-refractivity contribution in [3.63, 3.8) is 0 Å². The summed E-state index contributed by atoms with van der Waals surface area (Å²) < 4.78 is 64.6. The number of carbonyl (C=O) groups is 3. The van der Waals surface area contributed by atoms with Gasteiger partial charge in [-0.15, -0.1) is 0 Å². The molecule has 0 saturated carbocycles. The molecular weight excluding hydrogens is 670 g/mol. The van der Waals surface area contributed by atoms with Crippen molar-refractivity contribution >= 4 is 62.2 Å². The third kappa shape index (κ3) is 5.59. The lowest BCUT2D eigenvalue weighted by atomic mass is 9.82. The number of anilines is 2. The summed E-state index contributed by atoms with van der Waals surface area (Å²) in [7, 11) is -3.96. The number of aromatic nitrogens is 1. The Morgan fingerprint density at radius 1 is 0.978 bits per heavy atom. The van der Waals surface area contributed by atoms with Crippen LogP contribution in [0.3, 0.4) is 0 Å². The Labute approximate surface area is 266 Å². The molecule has 2 unspecified atom stereocenters. The number of carbonyl (C=O) groups excluding carboxylic acids is 3. The Morgan fingerprint density at radius 3 is 2.33 bits per heavy atom. The van der Waals surface area contributed by atoms with Crippen molar-refractivity contribution < 1.29 is 41.1 Å². The molecule has 0 spiro atoms. The van der Waals surface area contributed by atoms with Crippen molar-refractivity contribution in [3.8, 4) is 5.75 Å². The summed E-state index contributed by atoms with van der Waals surface area (Å²) in [6.07, 6.45) is -4.73. The largest absolute Gasteiger partial charge is 0.508 e. The smallest absolute Gasteiger partial charge is 0.416 e. The van der Waals surface area contributed by atoms with Gasteiger partial charge in [0.2, 0.25) is 27.7 Å². The van der Waals surface area contributed by atoms with E-state index in [0.29, 0.717) is 15.8 Å². The van der Waals surface area contributed by atoms with Crippen molar-refractivity contribution in [2.75, 3.05) is 10.2 Å². The van der Waals surface area contributed by atoms with E-state index < -0.39 is 68.0 Å². The second-order valence-electron chi connectivity index (χ2n) is 10.4. The number of nitrogens with one attached hydrogen (secondary N) is 1. The van der Waals surface area contributed by atoms with Crippen LogP contribution >= 0.6 is 23.1 Å². The predicted octanol–water partition coefficient (Wildman–Crippen LogP) is 3.72. The van der Waals surface area contributed by atoms with Crippen LogP contribution in [0.2, 0.25) is 0 Å². The van der Waals surface area contributed by atoms with Crippen molar-refractivity contribution in [1.82, 2.24) is 4.57 Å². The summed E-state index contributed by atoms with van der Waals surface area (Å²) in [5, 5.41) is 17.4. The third-order valence-corrected chi connectivity index (χ3v) is 11.1. The number of imide groups is 1. The molecule has 238 valence electrons. The van der Waals surface area contributed by atoms with Crippen LogP contribution in [0.5, 0.6) is 5.75 Å². The molecule has 4 N–H and O–H groups in total. The van der Waals surface area contributed by atoms with Crippen LogP contribution in [0.25, 0.3) is 0 Å². The van der Waals surface area contributed by atoms with Gasteiger partial charge in [0, 0.05) is 22.0 Å². The summed E-state index contributed by atoms with van der Waals surface area (Å²) in [5.74, 6) is -4.74. The van der Waals surface area contributed by atoms with E-state index in [1.807, 2.05) is 0 Å². The van der Waals surface area contributed by atoms with Gasteiger partial charge in [0.25, 0.3) is 0 Å². The van der Waals surface area contributed by atoms with E-state index in [2.05, 4.69) is 5.32 Å². The highest BCUT2D eigenvalue weighted by Crippen LogP contribution is 2.55. The number of para-hydroxylation sites is 1. The average Bonchev–Trinajstić information content (AvgIpc) is 3.43. The summed E-state index contributed by atoms with van der Waals surface area (Å²) in [4.78, 5) is 54.2. The fourth-order valence-corrected chi connectivity index (χ4v) is 8.77. The van der Waals surface area contributed by atoms with Gasteiger partial charge in [0.05, 0.1) is 27.1 Å². The zero-order valence-electron chi connectivity index (χ0n) is 23.1. The maximum absolute atomic E-state index is 13.9. The quantitative estimate of drug-likeness (QED) is 0.257. The average molecular weight is 691 g/mol. The lowest BCUT2D eigenvalue weighted by Crippen LogP contribution is -2.33. The van der Waals surface area contributed by atoms with Crippen molar-refractivity contribution in [2.24, 2.45) is 11.1 Å². The van der Waals surface area contributed by atoms with Crippen LogP contribution in [-0.2, 0) is 37.1 Å². The van der Waals surface area contributed by atoms with Gasteiger partial charge in [-0.05, 0) is 48.5 Å². The molecule has 46 heavy (non-hydrogen) atoms.